The van der Waals surface area contributed by atoms with Crippen LogP contribution in [-0.2, 0) is 4.79 Å². The quantitative estimate of drug-likeness (QED) is 0.833. The summed E-state index contributed by atoms with van der Waals surface area (Å²) in [6, 6.07) is 8.64. The first-order chi connectivity index (χ1) is 8.74. The second-order valence-corrected chi connectivity index (χ2v) is 3.41. The van der Waals surface area contributed by atoms with Gasteiger partial charge in [-0.05, 0) is 18.2 Å². The first kappa shape index (κ1) is 11.8. The van der Waals surface area contributed by atoms with Crippen molar-refractivity contribution in [1.29, 1.82) is 0 Å². The Morgan fingerprint density at radius 2 is 2.06 bits per heavy atom. The Morgan fingerprint density at radius 1 is 1.28 bits per heavy atom. The molecular formula is C12H11N3O3. The monoisotopic (exact) mass is 245 g/mol. The summed E-state index contributed by atoms with van der Waals surface area (Å²) in [6.07, 6.45) is 3.25. The average Bonchev–Trinajstić information content (AvgIpc) is 2.38. The molecule has 1 aromatic heterocycles. The second-order valence-electron chi connectivity index (χ2n) is 3.41. The molecule has 0 unspecified atom stereocenters. The van der Waals surface area contributed by atoms with E-state index < -0.39 is 5.97 Å². The van der Waals surface area contributed by atoms with E-state index in [1.54, 1.807) is 36.7 Å². The number of benzene rings is 1. The van der Waals surface area contributed by atoms with Crippen LogP contribution in [0.2, 0.25) is 0 Å². The van der Waals surface area contributed by atoms with Crippen LogP contribution in [0.4, 0.5) is 11.6 Å². The van der Waals surface area contributed by atoms with Gasteiger partial charge in [0, 0.05) is 24.1 Å². The molecular weight excluding hydrogens is 234 g/mol. The summed E-state index contributed by atoms with van der Waals surface area (Å²) in [5, 5.41) is 11.5. The van der Waals surface area contributed by atoms with Gasteiger partial charge in [-0.3, -0.25) is 0 Å². The summed E-state index contributed by atoms with van der Waals surface area (Å²) in [6.45, 7) is -0.370. The van der Waals surface area contributed by atoms with Crippen molar-refractivity contribution in [2.75, 3.05) is 11.9 Å². The zero-order valence-electron chi connectivity index (χ0n) is 9.41. The molecule has 0 fully saturated rings. The number of carboxylic acids is 1. The van der Waals surface area contributed by atoms with Gasteiger partial charge in [0.05, 0.1) is 0 Å². The predicted octanol–water partition coefficient (Wildman–Crippen LogP) is 1.68. The van der Waals surface area contributed by atoms with E-state index >= 15 is 0 Å². The van der Waals surface area contributed by atoms with E-state index in [1.807, 2.05) is 6.07 Å². The molecule has 18 heavy (non-hydrogen) atoms. The fraction of sp³-hybridized carbons (Fsp3) is 0.0833. The number of nitrogens with one attached hydrogen (secondary N) is 1. The Bertz CT molecular complexity index is 531. The first-order valence-electron chi connectivity index (χ1n) is 5.23. The molecule has 92 valence electrons. The maximum Gasteiger partial charge on any atom is 0.341 e. The van der Waals surface area contributed by atoms with Crippen molar-refractivity contribution >= 4 is 17.6 Å². The van der Waals surface area contributed by atoms with Gasteiger partial charge in [-0.2, -0.15) is 0 Å². The molecule has 1 aromatic carbocycles. The number of aliphatic carboxylic acids is 1. The topological polar surface area (TPSA) is 84.3 Å². The number of ether oxygens (including phenoxy) is 1. The van der Waals surface area contributed by atoms with Crippen LogP contribution in [0, 0.1) is 0 Å². The summed E-state index contributed by atoms with van der Waals surface area (Å²) >= 11 is 0. The van der Waals surface area contributed by atoms with Crippen molar-refractivity contribution in [3.63, 3.8) is 0 Å². The number of carboxylic acid groups (broad SMARTS) is 1. The van der Waals surface area contributed by atoms with Crippen molar-refractivity contribution in [2.24, 2.45) is 0 Å². The molecule has 6 heteroatoms. The molecule has 0 atom stereocenters. The van der Waals surface area contributed by atoms with E-state index in [0.29, 0.717) is 11.7 Å². The van der Waals surface area contributed by atoms with E-state index in [9.17, 15) is 4.79 Å². The molecule has 0 spiro atoms. The zero-order valence-corrected chi connectivity index (χ0v) is 9.41. The summed E-state index contributed by atoms with van der Waals surface area (Å²) in [4.78, 5) is 18.4. The van der Waals surface area contributed by atoms with Gasteiger partial charge in [0.1, 0.15) is 5.75 Å². The van der Waals surface area contributed by atoms with Crippen molar-refractivity contribution in [1.82, 2.24) is 9.97 Å². The number of carbonyl (C=O) groups is 1. The van der Waals surface area contributed by atoms with E-state index in [-0.39, 0.29) is 6.61 Å². The van der Waals surface area contributed by atoms with Crippen molar-refractivity contribution in [2.45, 2.75) is 0 Å². The van der Waals surface area contributed by atoms with Gasteiger partial charge in [-0.25, -0.2) is 14.8 Å². The standard InChI is InChI=1S/C12H11N3O3/c16-11(17)8-18-10-4-1-3-9(7-10)15-12-13-5-2-6-14-12/h1-7H,8H2,(H,16,17)(H,13,14,15). The maximum absolute atomic E-state index is 10.4. The Balaban J connectivity index is 2.05. The maximum atomic E-state index is 10.4. The third-order valence-electron chi connectivity index (χ3n) is 2.02. The Morgan fingerprint density at radius 3 is 2.78 bits per heavy atom. The molecule has 0 radical (unpaired) electrons. The molecule has 0 saturated heterocycles. The third-order valence-corrected chi connectivity index (χ3v) is 2.02. The first-order valence-corrected chi connectivity index (χ1v) is 5.23. The van der Waals surface area contributed by atoms with Gasteiger partial charge in [0.25, 0.3) is 0 Å². The van der Waals surface area contributed by atoms with Crippen LogP contribution in [0.1, 0.15) is 0 Å². The molecule has 0 saturated carbocycles. The number of anilines is 2. The lowest BCUT2D eigenvalue weighted by molar-refractivity contribution is -0.139. The van der Waals surface area contributed by atoms with Crippen LogP contribution >= 0.6 is 0 Å². The van der Waals surface area contributed by atoms with Crippen molar-refractivity contribution in [3.05, 3.63) is 42.7 Å². The fourth-order valence-corrected chi connectivity index (χ4v) is 1.30. The number of rotatable bonds is 5. The summed E-state index contributed by atoms with van der Waals surface area (Å²) in [5.41, 5.74) is 0.726. The molecule has 0 aliphatic rings. The highest BCUT2D eigenvalue weighted by atomic mass is 16.5. The van der Waals surface area contributed by atoms with Crippen LogP contribution in [0.3, 0.4) is 0 Å². The molecule has 0 amide bonds. The molecule has 2 rings (SSSR count). The van der Waals surface area contributed by atoms with Crippen molar-refractivity contribution < 1.29 is 14.6 Å². The van der Waals surface area contributed by atoms with Crippen LogP contribution < -0.4 is 10.1 Å². The van der Waals surface area contributed by atoms with Crippen LogP contribution in [0.25, 0.3) is 0 Å². The zero-order chi connectivity index (χ0) is 12.8. The van der Waals surface area contributed by atoms with Crippen molar-refractivity contribution in [3.8, 4) is 5.75 Å². The van der Waals surface area contributed by atoms with Crippen LogP contribution in [0.15, 0.2) is 42.7 Å². The highest BCUT2D eigenvalue weighted by Crippen LogP contribution is 2.19. The van der Waals surface area contributed by atoms with Gasteiger partial charge < -0.3 is 15.2 Å². The van der Waals surface area contributed by atoms with E-state index in [0.717, 1.165) is 5.69 Å². The van der Waals surface area contributed by atoms with Gasteiger partial charge in [0.2, 0.25) is 5.95 Å². The number of aromatic nitrogens is 2. The number of hydrogen-bond acceptors (Lipinski definition) is 5. The molecule has 1 heterocycles. The lowest BCUT2D eigenvalue weighted by atomic mass is 10.3. The predicted molar refractivity (Wildman–Crippen MR) is 64.9 cm³/mol. The Labute approximate surface area is 103 Å². The summed E-state index contributed by atoms with van der Waals surface area (Å²) < 4.78 is 5.07. The van der Waals surface area contributed by atoms with Gasteiger partial charge in [-0.1, -0.05) is 6.07 Å². The second kappa shape index (κ2) is 5.62. The van der Waals surface area contributed by atoms with E-state index in [1.165, 1.54) is 0 Å². The summed E-state index contributed by atoms with van der Waals surface area (Å²) in [5.74, 6) is -0.0778. The molecule has 2 N–H and O–H groups in total. The summed E-state index contributed by atoms with van der Waals surface area (Å²) in [7, 11) is 0. The van der Waals surface area contributed by atoms with E-state index in [4.69, 9.17) is 9.84 Å². The minimum atomic E-state index is -1.01. The molecule has 2 aromatic rings. The van der Waals surface area contributed by atoms with Gasteiger partial charge in [0.15, 0.2) is 6.61 Å². The Kier molecular flexibility index (Phi) is 3.70. The van der Waals surface area contributed by atoms with E-state index in [2.05, 4.69) is 15.3 Å². The minimum Gasteiger partial charge on any atom is -0.482 e. The number of hydrogen-bond donors (Lipinski definition) is 2. The molecule has 0 bridgehead atoms. The normalized spacial score (nSPS) is 9.78. The lowest BCUT2D eigenvalue weighted by Crippen LogP contribution is -2.09. The van der Waals surface area contributed by atoms with Crippen LogP contribution in [-0.4, -0.2) is 27.7 Å². The smallest absolute Gasteiger partial charge is 0.341 e. The fourth-order valence-electron chi connectivity index (χ4n) is 1.30. The largest absolute Gasteiger partial charge is 0.482 e. The van der Waals surface area contributed by atoms with Crippen LogP contribution in [0.5, 0.6) is 5.75 Å². The average molecular weight is 245 g/mol. The Hall–Kier alpha value is -2.63. The SMILES string of the molecule is O=C(O)COc1cccc(Nc2ncccn2)c1. The third kappa shape index (κ3) is 3.44. The van der Waals surface area contributed by atoms with Gasteiger partial charge in [-0.15, -0.1) is 0 Å². The molecule has 0 aliphatic heterocycles. The molecule has 0 aliphatic carbocycles. The minimum absolute atomic E-state index is 0.370. The van der Waals surface area contributed by atoms with Gasteiger partial charge >= 0.3 is 5.97 Å². The number of nitrogens with zero attached hydrogens (tertiary/aromatic N) is 2. The highest BCUT2D eigenvalue weighted by molar-refractivity contribution is 5.68. The lowest BCUT2D eigenvalue weighted by Gasteiger charge is -2.07. The highest BCUT2D eigenvalue weighted by Gasteiger charge is 2.01. The molecule has 6 nitrogen and oxygen atoms in total.